The maximum Gasteiger partial charge on any atom is 0.203 e. The number of rotatable bonds is 2. The van der Waals surface area contributed by atoms with Crippen LogP contribution in [0.1, 0.15) is 12.5 Å². The van der Waals surface area contributed by atoms with E-state index in [2.05, 4.69) is 15.9 Å². The third-order valence-corrected chi connectivity index (χ3v) is 5.29. The molecule has 0 spiro atoms. The Morgan fingerprint density at radius 2 is 2.12 bits per heavy atom. The summed E-state index contributed by atoms with van der Waals surface area (Å²) in [4.78, 5) is 0.800. The number of hydrogen-bond acceptors (Lipinski definition) is 3. The molecule has 0 aliphatic carbocycles. The van der Waals surface area contributed by atoms with Crippen LogP contribution in [-0.4, -0.2) is 15.0 Å². The van der Waals surface area contributed by atoms with Crippen LogP contribution in [-0.2, 0) is 9.84 Å². The standard InChI is InChI=1S/C11H12BrNO2S/c1-7(6-13)11-5-8-4-9(12)2-3-10(8)16(11,14)15/h2-5,7H,6,13H2,1H3. The van der Waals surface area contributed by atoms with E-state index in [0.717, 1.165) is 10.0 Å². The van der Waals surface area contributed by atoms with Crippen LogP contribution >= 0.6 is 15.9 Å². The molecule has 0 amide bonds. The van der Waals surface area contributed by atoms with Crippen molar-refractivity contribution in [2.75, 3.05) is 6.54 Å². The molecule has 1 aromatic carbocycles. The monoisotopic (exact) mass is 301 g/mol. The highest BCUT2D eigenvalue weighted by Gasteiger charge is 2.32. The first-order valence-corrected chi connectivity index (χ1v) is 7.20. The second-order valence-electron chi connectivity index (χ2n) is 3.87. The van der Waals surface area contributed by atoms with Gasteiger partial charge in [0, 0.05) is 10.4 Å². The van der Waals surface area contributed by atoms with Crippen LogP contribution in [0, 0.1) is 5.92 Å². The van der Waals surface area contributed by atoms with Crippen LogP contribution in [0.2, 0.25) is 0 Å². The molecular formula is C11H12BrNO2S. The number of sulfone groups is 1. The molecule has 16 heavy (non-hydrogen) atoms. The summed E-state index contributed by atoms with van der Waals surface area (Å²) in [7, 11) is -3.31. The first-order valence-electron chi connectivity index (χ1n) is 4.93. The van der Waals surface area contributed by atoms with Gasteiger partial charge in [0.1, 0.15) is 0 Å². The zero-order valence-corrected chi connectivity index (χ0v) is 11.2. The highest BCUT2D eigenvalue weighted by Crippen LogP contribution is 2.37. The van der Waals surface area contributed by atoms with Gasteiger partial charge in [-0.15, -0.1) is 0 Å². The topological polar surface area (TPSA) is 60.2 Å². The smallest absolute Gasteiger partial charge is 0.203 e. The Bertz CT molecular complexity index is 563. The van der Waals surface area contributed by atoms with Gasteiger partial charge in [0.05, 0.1) is 9.80 Å². The predicted octanol–water partition coefficient (Wildman–Crippen LogP) is 2.17. The minimum Gasteiger partial charge on any atom is -0.330 e. The van der Waals surface area contributed by atoms with Crippen LogP contribution in [0.4, 0.5) is 0 Å². The quantitative estimate of drug-likeness (QED) is 0.911. The maximum absolute atomic E-state index is 12.2. The minimum absolute atomic E-state index is 0.142. The lowest BCUT2D eigenvalue weighted by Gasteiger charge is -2.09. The summed E-state index contributed by atoms with van der Waals surface area (Å²) < 4.78 is 25.2. The first kappa shape index (κ1) is 11.8. The largest absolute Gasteiger partial charge is 0.330 e. The molecule has 1 heterocycles. The van der Waals surface area contributed by atoms with Gasteiger partial charge in [0.15, 0.2) is 0 Å². The van der Waals surface area contributed by atoms with E-state index in [4.69, 9.17) is 5.73 Å². The molecule has 0 saturated heterocycles. The Labute approximate surface area is 103 Å². The van der Waals surface area contributed by atoms with Crippen molar-refractivity contribution in [2.45, 2.75) is 11.8 Å². The number of benzene rings is 1. The number of hydrogen-bond donors (Lipinski definition) is 1. The van der Waals surface area contributed by atoms with Crippen molar-refractivity contribution in [1.29, 1.82) is 0 Å². The van der Waals surface area contributed by atoms with E-state index in [9.17, 15) is 8.42 Å². The number of nitrogens with two attached hydrogens (primary N) is 1. The Hall–Kier alpha value is -0.650. The van der Waals surface area contributed by atoms with E-state index >= 15 is 0 Å². The van der Waals surface area contributed by atoms with Gasteiger partial charge in [-0.05, 0) is 36.4 Å². The third-order valence-electron chi connectivity index (χ3n) is 2.71. The molecular weight excluding hydrogens is 290 g/mol. The zero-order chi connectivity index (χ0) is 11.9. The summed E-state index contributed by atoms with van der Waals surface area (Å²) in [5.74, 6) is -0.142. The highest BCUT2D eigenvalue weighted by atomic mass is 79.9. The number of fused-ring (bicyclic) bond motifs is 1. The van der Waals surface area contributed by atoms with Gasteiger partial charge in [-0.1, -0.05) is 22.9 Å². The van der Waals surface area contributed by atoms with E-state index in [-0.39, 0.29) is 5.92 Å². The van der Waals surface area contributed by atoms with Gasteiger partial charge in [-0.2, -0.15) is 0 Å². The Morgan fingerprint density at radius 3 is 2.75 bits per heavy atom. The average Bonchev–Trinajstić information content (AvgIpc) is 2.49. The zero-order valence-electron chi connectivity index (χ0n) is 8.77. The molecule has 5 heteroatoms. The third kappa shape index (κ3) is 1.73. The van der Waals surface area contributed by atoms with Crippen molar-refractivity contribution in [2.24, 2.45) is 11.7 Å². The summed E-state index contributed by atoms with van der Waals surface area (Å²) in [5, 5.41) is 0. The van der Waals surface area contributed by atoms with Gasteiger partial charge < -0.3 is 5.73 Å². The maximum atomic E-state index is 12.2. The van der Waals surface area contributed by atoms with E-state index in [0.29, 0.717) is 16.3 Å². The summed E-state index contributed by atoms with van der Waals surface area (Å²) in [5.41, 5.74) is 6.26. The van der Waals surface area contributed by atoms with Crippen molar-refractivity contribution in [3.8, 4) is 0 Å². The van der Waals surface area contributed by atoms with Crippen molar-refractivity contribution in [3.63, 3.8) is 0 Å². The molecule has 1 atom stereocenters. The molecule has 2 N–H and O–H groups in total. The van der Waals surface area contributed by atoms with Gasteiger partial charge >= 0.3 is 0 Å². The summed E-state index contributed by atoms with van der Waals surface area (Å²) in [6, 6.07) is 5.17. The van der Waals surface area contributed by atoms with Crippen molar-refractivity contribution < 1.29 is 8.42 Å². The minimum atomic E-state index is -3.31. The van der Waals surface area contributed by atoms with E-state index in [1.54, 1.807) is 18.2 Å². The van der Waals surface area contributed by atoms with Crippen LogP contribution < -0.4 is 5.73 Å². The van der Waals surface area contributed by atoms with Crippen LogP contribution in [0.25, 0.3) is 6.08 Å². The average molecular weight is 302 g/mol. The lowest BCUT2D eigenvalue weighted by molar-refractivity contribution is 0.594. The van der Waals surface area contributed by atoms with Crippen LogP contribution in [0.3, 0.4) is 0 Å². The Morgan fingerprint density at radius 1 is 1.44 bits per heavy atom. The molecule has 3 nitrogen and oxygen atoms in total. The fourth-order valence-corrected chi connectivity index (χ4v) is 3.97. The summed E-state index contributed by atoms with van der Waals surface area (Å²) in [6.07, 6.45) is 1.72. The molecule has 1 aliphatic rings. The van der Waals surface area contributed by atoms with Crippen molar-refractivity contribution >= 4 is 31.8 Å². The van der Waals surface area contributed by atoms with Crippen molar-refractivity contribution in [3.05, 3.63) is 33.1 Å². The van der Waals surface area contributed by atoms with Crippen molar-refractivity contribution in [1.82, 2.24) is 0 Å². The lowest BCUT2D eigenvalue weighted by atomic mass is 10.1. The SMILES string of the molecule is CC(CN)C1=Cc2cc(Br)ccc2S1(=O)=O. The molecule has 1 aromatic rings. The molecule has 0 fully saturated rings. The number of halogens is 1. The van der Waals surface area contributed by atoms with E-state index in [1.165, 1.54) is 0 Å². The predicted molar refractivity (Wildman–Crippen MR) is 67.5 cm³/mol. The summed E-state index contributed by atoms with van der Waals surface area (Å²) in [6.45, 7) is 2.16. The lowest BCUT2D eigenvalue weighted by Crippen LogP contribution is -2.17. The molecule has 0 radical (unpaired) electrons. The van der Waals surface area contributed by atoms with Crippen LogP contribution in [0.15, 0.2) is 32.5 Å². The molecule has 0 bridgehead atoms. The molecule has 1 aliphatic heterocycles. The molecule has 1 unspecified atom stereocenters. The van der Waals surface area contributed by atoms with Gasteiger partial charge in [0.2, 0.25) is 9.84 Å². The molecule has 0 saturated carbocycles. The molecule has 2 rings (SSSR count). The fraction of sp³-hybridized carbons (Fsp3) is 0.273. The fourth-order valence-electron chi connectivity index (χ4n) is 1.76. The second-order valence-corrected chi connectivity index (χ2v) is 6.70. The Kier molecular flexibility index (Phi) is 2.94. The highest BCUT2D eigenvalue weighted by molar-refractivity contribution is 9.10. The second kappa shape index (κ2) is 3.98. The normalized spacial score (nSPS) is 19.1. The van der Waals surface area contributed by atoms with Gasteiger partial charge in [-0.3, -0.25) is 0 Å². The molecule has 0 aromatic heterocycles. The van der Waals surface area contributed by atoms with Gasteiger partial charge in [0.25, 0.3) is 0 Å². The van der Waals surface area contributed by atoms with E-state index in [1.807, 2.05) is 13.0 Å². The van der Waals surface area contributed by atoms with Crippen LogP contribution in [0.5, 0.6) is 0 Å². The first-order chi connectivity index (χ1) is 7.46. The molecule has 86 valence electrons. The van der Waals surface area contributed by atoms with Gasteiger partial charge in [-0.25, -0.2) is 8.42 Å². The Balaban J connectivity index is 2.61. The van der Waals surface area contributed by atoms with E-state index < -0.39 is 9.84 Å². The summed E-state index contributed by atoms with van der Waals surface area (Å²) >= 11 is 3.33.